The Morgan fingerprint density at radius 1 is 1.26 bits per heavy atom. The quantitative estimate of drug-likeness (QED) is 0.515. The molecule has 0 spiro atoms. The van der Waals surface area contributed by atoms with E-state index < -0.39 is 0 Å². The fourth-order valence-corrected chi connectivity index (χ4v) is 3.39. The van der Waals surface area contributed by atoms with E-state index in [9.17, 15) is 4.79 Å². The zero-order valence-corrected chi connectivity index (χ0v) is 14.1. The van der Waals surface area contributed by atoms with Crippen LogP contribution in [0.25, 0.3) is 21.5 Å². The van der Waals surface area contributed by atoms with Gasteiger partial charge in [-0.05, 0) is 24.6 Å². The average molecular weight is 327 g/mol. The number of unbranched alkanes of at least 4 members (excludes halogenated alkanes) is 1. The van der Waals surface area contributed by atoms with Crippen molar-refractivity contribution in [3.63, 3.8) is 0 Å². The number of hydrogen-bond acceptors (Lipinski definition) is 5. The van der Waals surface area contributed by atoms with Gasteiger partial charge < -0.3 is 4.74 Å². The molecule has 0 aliphatic carbocycles. The summed E-state index contributed by atoms with van der Waals surface area (Å²) in [6.07, 6.45) is 3.18. The highest BCUT2D eigenvalue weighted by atomic mass is 32.1. The fraction of sp³-hybridized carbons (Fsp3) is 0.312. The van der Waals surface area contributed by atoms with Crippen molar-refractivity contribution in [3.05, 3.63) is 40.1 Å². The summed E-state index contributed by atoms with van der Waals surface area (Å²) in [5.41, 5.74) is 4.35. The molecule has 2 heterocycles. The molecule has 0 atom stereocenters. The summed E-state index contributed by atoms with van der Waals surface area (Å²) in [6.45, 7) is 0.655. The molecule has 3 aromatic rings. The minimum atomic E-state index is -0.0566. The van der Waals surface area contributed by atoms with E-state index >= 15 is 0 Å². The van der Waals surface area contributed by atoms with Gasteiger partial charge in [0.2, 0.25) is 0 Å². The molecule has 23 heavy (non-hydrogen) atoms. The van der Waals surface area contributed by atoms with E-state index in [0.29, 0.717) is 6.54 Å². The van der Waals surface area contributed by atoms with Gasteiger partial charge in [-0.3, -0.25) is 4.79 Å². The van der Waals surface area contributed by atoms with Gasteiger partial charge in [0.25, 0.3) is 5.56 Å². The van der Waals surface area contributed by atoms with Gasteiger partial charge >= 0.3 is 0 Å². The van der Waals surface area contributed by atoms with Gasteiger partial charge in [-0.15, -0.1) is 11.3 Å². The van der Waals surface area contributed by atoms with Gasteiger partial charge in [0.05, 0.1) is 23.0 Å². The lowest BCUT2D eigenvalue weighted by molar-refractivity contribution is 0.419. The van der Waals surface area contributed by atoms with Crippen molar-refractivity contribution in [2.45, 2.75) is 25.7 Å². The number of ether oxygens (including phenoxy) is 1. The number of benzene rings is 1. The van der Waals surface area contributed by atoms with Crippen LogP contribution in [0.5, 0.6) is 5.75 Å². The van der Waals surface area contributed by atoms with Crippen molar-refractivity contribution >= 4 is 29.4 Å². The second-order valence-electron chi connectivity index (χ2n) is 5.33. The number of rotatable bonds is 6. The second-order valence-corrected chi connectivity index (χ2v) is 6.19. The lowest BCUT2D eigenvalue weighted by Gasteiger charge is -2.08. The zero-order valence-electron chi connectivity index (χ0n) is 13.3. The van der Waals surface area contributed by atoms with Gasteiger partial charge in [-0.25, -0.2) is 9.67 Å². The molecule has 118 valence electrons. The van der Waals surface area contributed by atoms with Crippen LogP contribution in [0.3, 0.4) is 0 Å². The minimum Gasteiger partial charge on any atom is -0.494 e. The number of nitrogens with zero attached hydrogens (tertiary/aromatic N) is 3. The molecule has 0 aliphatic rings. The van der Waals surface area contributed by atoms with Crippen LogP contribution in [0.4, 0.5) is 0 Å². The Labute approximate surface area is 139 Å². The zero-order chi connectivity index (χ0) is 16.2. The first-order valence-corrected chi connectivity index (χ1v) is 8.61. The number of fused-ring (bicyclic) bond motifs is 1. The van der Waals surface area contributed by atoms with Gasteiger partial charge in [0.15, 0.2) is 0 Å². The standard InChI is InChI=1S/C16H18BN3O2S/c1-22-13-6-4-11(16-15(13)18-10-23-16)12-5-7-14(21)20(19-12)9-3-2-8-17/h4-7,10H,2-3,8-9,17H2,1H3. The monoisotopic (exact) mass is 327 g/mol. The minimum absolute atomic E-state index is 0.0566. The van der Waals surface area contributed by atoms with Crippen LogP contribution >= 0.6 is 11.3 Å². The summed E-state index contributed by atoms with van der Waals surface area (Å²) in [5.74, 6) is 0.751. The maximum absolute atomic E-state index is 12.0. The summed E-state index contributed by atoms with van der Waals surface area (Å²) in [6, 6.07) is 7.24. The smallest absolute Gasteiger partial charge is 0.266 e. The third-order valence-corrected chi connectivity index (χ3v) is 4.64. The molecule has 0 aliphatic heterocycles. The second kappa shape index (κ2) is 6.96. The molecule has 0 fully saturated rings. The van der Waals surface area contributed by atoms with E-state index in [-0.39, 0.29) is 5.56 Å². The van der Waals surface area contributed by atoms with Crippen molar-refractivity contribution < 1.29 is 4.74 Å². The Balaban J connectivity index is 2.04. The SMILES string of the molecule is BCCCCn1nc(-c2ccc(OC)c3ncsc23)ccc1=O. The normalized spacial score (nSPS) is 11.0. The summed E-state index contributed by atoms with van der Waals surface area (Å²) >= 11 is 1.55. The molecule has 1 aromatic carbocycles. The third kappa shape index (κ3) is 3.15. The highest BCUT2D eigenvalue weighted by molar-refractivity contribution is 7.17. The number of thiazole rings is 1. The first kappa shape index (κ1) is 15.7. The molecule has 0 saturated carbocycles. The summed E-state index contributed by atoms with van der Waals surface area (Å²) in [7, 11) is 3.78. The third-order valence-electron chi connectivity index (χ3n) is 3.78. The van der Waals surface area contributed by atoms with Crippen LogP contribution in [0.15, 0.2) is 34.6 Å². The fourth-order valence-electron chi connectivity index (χ4n) is 2.56. The van der Waals surface area contributed by atoms with Crippen molar-refractivity contribution in [1.29, 1.82) is 0 Å². The van der Waals surface area contributed by atoms with Crippen LogP contribution in [0.2, 0.25) is 6.32 Å². The van der Waals surface area contributed by atoms with Crippen molar-refractivity contribution in [3.8, 4) is 17.0 Å². The first-order valence-electron chi connectivity index (χ1n) is 7.73. The molecule has 0 N–H and O–H groups in total. The molecule has 0 amide bonds. The number of aryl methyl sites for hydroxylation is 1. The Morgan fingerprint density at radius 2 is 2.13 bits per heavy atom. The average Bonchev–Trinajstić information content (AvgIpc) is 3.06. The Bertz CT molecular complexity index is 875. The van der Waals surface area contributed by atoms with E-state index in [0.717, 1.165) is 46.4 Å². The highest BCUT2D eigenvalue weighted by Crippen LogP contribution is 2.35. The number of methoxy groups -OCH3 is 1. The predicted octanol–water partition coefficient (Wildman–Crippen LogP) is 2.36. The molecule has 0 radical (unpaired) electrons. The summed E-state index contributed by atoms with van der Waals surface area (Å²) in [4.78, 5) is 16.4. The topological polar surface area (TPSA) is 57.0 Å². The molecule has 3 rings (SSSR count). The Kier molecular flexibility index (Phi) is 4.76. The van der Waals surface area contributed by atoms with Crippen LogP contribution < -0.4 is 10.3 Å². The highest BCUT2D eigenvalue weighted by Gasteiger charge is 2.12. The number of aromatic nitrogens is 3. The molecule has 0 saturated heterocycles. The van der Waals surface area contributed by atoms with Gasteiger partial charge in [-0.1, -0.05) is 12.7 Å². The van der Waals surface area contributed by atoms with E-state index in [1.54, 1.807) is 40.8 Å². The number of hydrogen-bond donors (Lipinski definition) is 0. The van der Waals surface area contributed by atoms with Crippen LogP contribution in [0.1, 0.15) is 12.8 Å². The maximum Gasteiger partial charge on any atom is 0.266 e. The van der Waals surface area contributed by atoms with Gasteiger partial charge in [-0.2, -0.15) is 5.10 Å². The van der Waals surface area contributed by atoms with Crippen molar-refractivity contribution in [1.82, 2.24) is 14.8 Å². The maximum atomic E-state index is 12.0. The Morgan fingerprint density at radius 3 is 2.91 bits per heavy atom. The van der Waals surface area contributed by atoms with E-state index in [4.69, 9.17) is 4.74 Å². The first-order chi connectivity index (χ1) is 11.2. The lowest BCUT2D eigenvalue weighted by Crippen LogP contribution is -2.22. The van der Waals surface area contributed by atoms with Gasteiger partial charge in [0, 0.05) is 18.2 Å². The molecular formula is C16H18BN3O2S. The molecule has 2 aromatic heterocycles. The summed E-state index contributed by atoms with van der Waals surface area (Å²) < 4.78 is 7.93. The van der Waals surface area contributed by atoms with Gasteiger partial charge in [0.1, 0.15) is 19.1 Å². The largest absolute Gasteiger partial charge is 0.494 e. The van der Waals surface area contributed by atoms with E-state index in [2.05, 4.69) is 17.9 Å². The van der Waals surface area contributed by atoms with Crippen molar-refractivity contribution in [2.24, 2.45) is 0 Å². The molecule has 0 unspecified atom stereocenters. The molecule has 7 heteroatoms. The van der Waals surface area contributed by atoms with Crippen LogP contribution in [-0.4, -0.2) is 29.7 Å². The van der Waals surface area contributed by atoms with E-state index in [1.165, 1.54) is 0 Å². The molecule has 0 bridgehead atoms. The van der Waals surface area contributed by atoms with Crippen molar-refractivity contribution in [2.75, 3.05) is 7.11 Å². The molecule has 5 nitrogen and oxygen atoms in total. The van der Waals surface area contributed by atoms with E-state index in [1.807, 2.05) is 12.1 Å². The Hall–Kier alpha value is -2.15. The predicted molar refractivity (Wildman–Crippen MR) is 96.2 cm³/mol. The van der Waals surface area contributed by atoms with Crippen LogP contribution in [-0.2, 0) is 6.54 Å². The van der Waals surface area contributed by atoms with Crippen LogP contribution in [0, 0.1) is 0 Å². The lowest BCUT2D eigenvalue weighted by atomic mass is 10.0. The molecular weight excluding hydrogens is 309 g/mol. The summed E-state index contributed by atoms with van der Waals surface area (Å²) in [5, 5.41) is 4.54.